The Bertz CT molecular complexity index is 643. The first-order valence-electron chi connectivity index (χ1n) is 7.83. The first kappa shape index (κ1) is 16.8. The van der Waals surface area contributed by atoms with Gasteiger partial charge in [0.05, 0.1) is 18.8 Å². The van der Waals surface area contributed by atoms with Crippen LogP contribution in [0.1, 0.15) is 18.7 Å². The van der Waals surface area contributed by atoms with Crippen LogP contribution in [0.15, 0.2) is 29.4 Å². The first-order chi connectivity index (χ1) is 11.3. The lowest BCUT2D eigenvalue weighted by Crippen LogP contribution is -2.19. The molecule has 1 aliphatic rings. The fourth-order valence-corrected chi connectivity index (χ4v) is 3.94. The highest BCUT2D eigenvalue weighted by Crippen LogP contribution is 2.27. The number of hydrogen-bond acceptors (Lipinski definition) is 5. The van der Waals surface area contributed by atoms with E-state index in [0.717, 1.165) is 42.1 Å². The van der Waals surface area contributed by atoms with Gasteiger partial charge in [-0.05, 0) is 44.0 Å². The number of nitrogens with one attached hydrogen (secondary N) is 1. The normalized spacial score (nSPS) is 18.3. The molecule has 0 spiro atoms. The van der Waals surface area contributed by atoms with Gasteiger partial charge in [-0.25, -0.2) is 0 Å². The van der Waals surface area contributed by atoms with Gasteiger partial charge in [0.2, 0.25) is 0 Å². The van der Waals surface area contributed by atoms with E-state index in [1.54, 1.807) is 11.8 Å². The van der Waals surface area contributed by atoms with Crippen molar-refractivity contribution in [2.45, 2.75) is 24.5 Å². The number of halogens is 1. The van der Waals surface area contributed by atoms with E-state index in [2.05, 4.69) is 20.1 Å². The Morgan fingerprint density at radius 3 is 3.09 bits per heavy atom. The number of rotatable bonds is 6. The molecule has 1 saturated heterocycles. The molecule has 1 atom stereocenters. The summed E-state index contributed by atoms with van der Waals surface area (Å²) in [6, 6.07) is 7.80. The van der Waals surface area contributed by atoms with E-state index in [9.17, 15) is 0 Å². The molecule has 0 amide bonds. The van der Waals surface area contributed by atoms with Crippen molar-refractivity contribution >= 4 is 23.4 Å². The Kier molecular flexibility index (Phi) is 5.94. The molecule has 1 aromatic carbocycles. The van der Waals surface area contributed by atoms with Crippen LogP contribution in [-0.2, 0) is 11.3 Å². The average molecular weight is 353 g/mol. The largest absolute Gasteiger partial charge is 0.381 e. The van der Waals surface area contributed by atoms with Gasteiger partial charge in [0.1, 0.15) is 0 Å². The first-order valence-corrected chi connectivity index (χ1v) is 9.19. The number of hydrogen-bond donors (Lipinski definition) is 1. The minimum absolute atomic E-state index is 0.589. The number of benzene rings is 1. The Hall–Kier alpha value is -1.08. The lowest BCUT2D eigenvalue weighted by molar-refractivity contribution is 0.0632. The molecule has 124 valence electrons. The van der Waals surface area contributed by atoms with E-state index in [0.29, 0.717) is 17.5 Å². The van der Waals surface area contributed by atoms with E-state index in [-0.39, 0.29) is 0 Å². The van der Waals surface area contributed by atoms with E-state index >= 15 is 0 Å². The molecule has 2 aromatic rings. The zero-order chi connectivity index (χ0) is 16.1. The van der Waals surface area contributed by atoms with Gasteiger partial charge in [0.15, 0.2) is 11.0 Å². The van der Waals surface area contributed by atoms with E-state index in [1.165, 1.54) is 6.42 Å². The fourth-order valence-electron chi connectivity index (χ4n) is 2.67. The summed E-state index contributed by atoms with van der Waals surface area (Å²) in [6.07, 6.45) is 2.37. The molecule has 1 aliphatic heterocycles. The Morgan fingerprint density at radius 2 is 2.35 bits per heavy atom. The molecule has 0 aliphatic carbocycles. The van der Waals surface area contributed by atoms with Crippen molar-refractivity contribution < 1.29 is 4.74 Å². The SMILES string of the molecule is CNCc1nnc(SC[C@@H]2CCCOC2)n1-c1cccc(Cl)c1. The van der Waals surface area contributed by atoms with Crippen molar-refractivity contribution in [3.63, 3.8) is 0 Å². The Balaban J connectivity index is 1.81. The predicted octanol–water partition coefficient (Wildman–Crippen LogP) is 3.16. The summed E-state index contributed by atoms with van der Waals surface area (Å²) in [5.74, 6) is 2.47. The molecule has 23 heavy (non-hydrogen) atoms. The van der Waals surface area contributed by atoms with Gasteiger partial charge in [-0.15, -0.1) is 10.2 Å². The van der Waals surface area contributed by atoms with Crippen LogP contribution >= 0.6 is 23.4 Å². The molecule has 5 nitrogen and oxygen atoms in total. The van der Waals surface area contributed by atoms with Gasteiger partial charge >= 0.3 is 0 Å². The van der Waals surface area contributed by atoms with Crippen molar-refractivity contribution in [2.24, 2.45) is 5.92 Å². The molecule has 0 radical (unpaired) electrons. The highest BCUT2D eigenvalue weighted by Gasteiger charge is 2.18. The lowest BCUT2D eigenvalue weighted by Gasteiger charge is -2.21. The van der Waals surface area contributed by atoms with Crippen molar-refractivity contribution in [3.05, 3.63) is 35.1 Å². The van der Waals surface area contributed by atoms with Crippen LogP contribution in [0.5, 0.6) is 0 Å². The van der Waals surface area contributed by atoms with Crippen LogP contribution in [0.3, 0.4) is 0 Å². The second kappa shape index (κ2) is 8.15. The third kappa shape index (κ3) is 4.26. The van der Waals surface area contributed by atoms with Crippen LogP contribution in [0.25, 0.3) is 5.69 Å². The summed E-state index contributed by atoms with van der Waals surface area (Å²) < 4.78 is 7.64. The summed E-state index contributed by atoms with van der Waals surface area (Å²) in [5, 5.41) is 13.5. The van der Waals surface area contributed by atoms with Gasteiger partial charge in [0, 0.05) is 17.4 Å². The molecule has 7 heteroatoms. The zero-order valence-electron chi connectivity index (χ0n) is 13.2. The summed E-state index contributed by atoms with van der Waals surface area (Å²) in [7, 11) is 1.91. The Morgan fingerprint density at radius 1 is 1.43 bits per heavy atom. The minimum atomic E-state index is 0.589. The second-order valence-corrected chi connectivity index (χ2v) is 7.06. The van der Waals surface area contributed by atoms with Gasteiger partial charge < -0.3 is 10.1 Å². The minimum Gasteiger partial charge on any atom is -0.381 e. The summed E-state index contributed by atoms with van der Waals surface area (Å²) in [5.41, 5.74) is 0.996. The van der Waals surface area contributed by atoms with Gasteiger partial charge in [-0.2, -0.15) is 0 Å². The number of ether oxygens (including phenoxy) is 1. The molecule has 1 fully saturated rings. The van der Waals surface area contributed by atoms with Crippen molar-refractivity contribution in [3.8, 4) is 5.69 Å². The van der Waals surface area contributed by atoms with E-state index in [4.69, 9.17) is 16.3 Å². The highest BCUT2D eigenvalue weighted by molar-refractivity contribution is 7.99. The third-order valence-electron chi connectivity index (χ3n) is 3.80. The molecule has 0 unspecified atom stereocenters. The fraction of sp³-hybridized carbons (Fsp3) is 0.500. The molecule has 0 saturated carbocycles. The molecule has 1 N–H and O–H groups in total. The van der Waals surface area contributed by atoms with E-state index < -0.39 is 0 Å². The highest BCUT2D eigenvalue weighted by atomic mass is 35.5. The van der Waals surface area contributed by atoms with Crippen LogP contribution in [0.2, 0.25) is 5.02 Å². The van der Waals surface area contributed by atoms with Crippen LogP contribution < -0.4 is 5.32 Å². The second-order valence-electron chi connectivity index (χ2n) is 5.64. The predicted molar refractivity (Wildman–Crippen MR) is 93.4 cm³/mol. The number of aromatic nitrogens is 3. The summed E-state index contributed by atoms with van der Waals surface area (Å²) >= 11 is 7.89. The summed E-state index contributed by atoms with van der Waals surface area (Å²) in [4.78, 5) is 0. The maximum atomic E-state index is 6.15. The molecule has 1 aromatic heterocycles. The standard InChI is InChI=1S/C16H21ClN4OS/c1-18-9-15-19-20-16(23-11-12-4-3-7-22-10-12)21(15)14-6-2-5-13(17)8-14/h2,5-6,8,12,18H,3-4,7,9-11H2,1H3/t12-/m1/s1. The number of thioether (sulfide) groups is 1. The lowest BCUT2D eigenvalue weighted by atomic mass is 10.1. The molecular weight excluding hydrogens is 332 g/mol. The van der Waals surface area contributed by atoms with Crippen molar-refractivity contribution in [2.75, 3.05) is 26.0 Å². The third-order valence-corrected chi connectivity index (χ3v) is 5.20. The molecule has 2 heterocycles. The van der Waals surface area contributed by atoms with Gasteiger partial charge in [-0.3, -0.25) is 4.57 Å². The summed E-state index contributed by atoms with van der Waals surface area (Å²) in [6.45, 7) is 2.40. The Labute approximate surface area is 145 Å². The average Bonchev–Trinajstić information content (AvgIpc) is 2.97. The smallest absolute Gasteiger partial charge is 0.195 e. The molecule has 0 bridgehead atoms. The number of nitrogens with zero attached hydrogens (tertiary/aromatic N) is 3. The van der Waals surface area contributed by atoms with Crippen molar-refractivity contribution in [1.29, 1.82) is 0 Å². The monoisotopic (exact) mass is 352 g/mol. The zero-order valence-corrected chi connectivity index (χ0v) is 14.7. The molecule has 3 rings (SSSR count). The van der Waals surface area contributed by atoms with Crippen molar-refractivity contribution in [1.82, 2.24) is 20.1 Å². The van der Waals surface area contributed by atoms with Crippen LogP contribution in [-0.4, -0.2) is 40.8 Å². The topological polar surface area (TPSA) is 52.0 Å². The maximum Gasteiger partial charge on any atom is 0.195 e. The molecular formula is C16H21ClN4OS. The van der Waals surface area contributed by atoms with Gasteiger partial charge in [-0.1, -0.05) is 29.4 Å². The van der Waals surface area contributed by atoms with Crippen LogP contribution in [0, 0.1) is 5.92 Å². The maximum absolute atomic E-state index is 6.15. The van der Waals surface area contributed by atoms with E-state index in [1.807, 2.05) is 31.3 Å². The van der Waals surface area contributed by atoms with Crippen LogP contribution in [0.4, 0.5) is 0 Å². The quantitative estimate of drug-likeness (QED) is 0.809. The van der Waals surface area contributed by atoms with Gasteiger partial charge in [0.25, 0.3) is 0 Å².